The zero-order valence-electron chi connectivity index (χ0n) is 15.9. The van der Waals surface area contributed by atoms with E-state index < -0.39 is 15.9 Å². The number of hydrogen-bond donors (Lipinski definition) is 2. The van der Waals surface area contributed by atoms with Gasteiger partial charge in [-0.05, 0) is 61.7 Å². The van der Waals surface area contributed by atoms with Gasteiger partial charge in [0, 0.05) is 28.8 Å². The first-order valence-electron chi connectivity index (χ1n) is 9.22. The largest absolute Gasteiger partial charge is 0.343 e. The zero-order valence-corrected chi connectivity index (χ0v) is 18.3. The van der Waals surface area contributed by atoms with Gasteiger partial charge in [0.15, 0.2) is 0 Å². The highest BCUT2D eigenvalue weighted by atomic mass is 79.9. The molecule has 1 aliphatic heterocycles. The molecule has 2 aromatic carbocycles. The van der Waals surface area contributed by atoms with Crippen molar-refractivity contribution in [2.45, 2.75) is 24.7 Å². The number of carbonyl (C=O) groups is 2. The summed E-state index contributed by atoms with van der Waals surface area (Å²) < 4.78 is 27.7. The number of amides is 2. The summed E-state index contributed by atoms with van der Waals surface area (Å²) in [6, 6.07) is 11.3. The summed E-state index contributed by atoms with van der Waals surface area (Å²) in [7, 11) is -3.60. The van der Waals surface area contributed by atoms with Crippen LogP contribution in [0.25, 0.3) is 0 Å². The number of nitrogens with zero attached hydrogens (tertiary/aromatic N) is 1. The van der Waals surface area contributed by atoms with E-state index in [-0.39, 0.29) is 22.9 Å². The van der Waals surface area contributed by atoms with Gasteiger partial charge >= 0.3 is 0 Å². The molecule has 0 bridgehead atoms. The Kier molecular flexibility index (Phi) is 6.71. The van der Waals surface area contributed by atoms with E-state index in [1.807, 2.05) is 19.1 Å². The predicted molar refractivity (Wildman–Crippen MR) is 114 cm³/mol. The van der Waals surface area contributed by atoms with Crippen LogP contribution in [0.4, 0.5) is 5.69 Å². The molecule has 2 aromatic rings. The second-order valence-corrected chi connectivity index (χ2v) is 9.68. The Morgan fingerprint density at radius 2 is 1.83 bits per heavy atom. The van der Waals surface area contributed by atoms with Crippen molar-refractivity contribution >= 4 is 43.5 Å². The number of rotatable bonds is 6. The van der Waals surface area contributed by atoms with Crippen LogP contribution in [0, 0.1) is 6.92 Å². The van der Waals surface area contributed by atoms with Crippen LogP contribution in [-0.2, 0) is 14.8 Å². The normalized spacial score (nSPS) is 14.6. The Hall–Kier alpha value is -2.23. The SMILES string of the molecule is Cc1cc(Br)ccc1NC(=O)CNC(=O)c1cccc(S(=O)(=O)N2CCCC2)c1. The van der Waals surface area contributed by atoms with Crippen LogP contribution in [-0.4, -0.2) is 44.2 Å². The van der Waals surface area contributed by atoms with Gasteiger partial charge in [0.1, 0.15) is 0 Å². The molecule has 7 nitrogen and oxygen atoms in total. The van der Waals surface area contributed by atoms with Crippen LogP contribution in [0.3, 0.4) is 0 Å². The second kappa shape index (κ2) is 9.06. The van der Waals surface area contributed by atoms with E-state index in [4.69, 9.17) is 0 Å². The lowest BCUT2D eigenvalue weighted by Gasteiger charge is -2.16. The number of aryl methyl sites for hydroxylation is 1. The summed E-state index contributed by atoms with van der Waals surface area (Å²) in [5.74, 6) is -0.879. The molecule has 0 unspecified atom stereocenters. The topological polar surface area (TPSA) is 95.6 Å². The highest BCUT2D eigenvalue weighted by Crippen LogP contribution is 2.22. The summed E-state index contributed by atoms with van der Waals surface area (Å²) in [5, 5.41) is 5.27. The molecule has 3 rings (SSSR count). The van der Waals surface area contributed by atoms with Gasteiger partial charge in [-0.25, -0.2) is 8.42 Å². The van der Waals surface area contributed by atoms with E-state index in [0.717, 1.165) is 22.9 Å². The van der Waals surface area contributed by atoms with Gasteiger partial charge in [0.2, 0.25) is 15.9 Å². The lowest BCUT2D eigenvalue weighted by atomic mass is 10.2. The minimum atomic E-state index is -3.60. The minimum Gasteiger partial charge on any atom is -0.343 e. The quantitative estimate of drug-likeness (QED) is 0.665. The molecule has 29 heavy (non-hydrogen) atoms. The third-order valence-electron chi connectivity index (χ3n) is 4.67. The molecule has 1 saturated heterocycles. The van der Waals surface area contributed by atoms with Crippen LogP contribution in [0.15, 0.2) is 51.8 Å². The zero-order chi connectivity index (χ0) is 21.0. The molecule has 1 heterocycles. The fourth-order valence-corrected chi connectivity index (χ4v) is 5.14. The van der Waals surface area contributed by atoms with Gasteiger partial charge in [0.05, 0.1) is 11.4 Å². The molecule has 1 aliphatic rings. The average molecular weight is 480 g/mol. The Balaban J connectivity index is 1.63. The summed E-state index contributed by atoms with van der Waals surface area (Å²) >= 11 is 3.36. The van der Waals surface area contributed by atoms with E-state index in [2.05, 4.69) is 26.6 Å². The van der Waals surface area contributed by atoms with Crippen molar-refractivity contribution in [1.82, 2.24) is 9.62 Å². The lowest BCUT2D eigenvalue weighted by molar-refractivity contribution is -0.115. The summed E-state index contributed by atoms with van der Waals surface area (Å²) in [5.41, 5.74) is 1.74. The second-order valence-electron chi connectivity index (χ2n) is 6.83. The van der Waals surface area contributed by atoms with E-state index >= 15 is 0 Å². The van der Waals surface area contributed by atoms with E-state index in [0.29, 0.717) is 18.8 Å². The third kappa shape index (κ3) is 5.23. The number of benzene rings is 2. The van der Waals surface area contributed by atoms with Crippen LogP contribution >= 0.6 is 15.9 Å². The molecular weight excluding hydrogens is 458 g/mol. The number of nitrogens with one attached hydrogen (secondary N) is 2. The van der Waals surface area contributed by atoms with Gasteiger partial charge in [-0.15, -0.1) is 0 Å². The minimum absolute atomic E-state index is 0.0852. The van der Waals surface area contributed by atoms with Gasteiger partial charge < -0.3 is 10.6 Å². The van der Waals surface area contributed by atoms with Crippen molar-refractivity contribution < 1.29 is 18.0 Å². The molecule has 0 atom stereocenters. The highest BCUT2D eigenvalue weighted by Gasteiger charge is 2.27. The third-order valence-corrected chi connectivity index (χ3v) is 7.06. The summed E-state index contributed by atoms with van der Waals surface area (Å²) in [6.45, 7) is 2.63. The van der Waals surface area contributed by atoms with Gasteiger partial charge in [-0.2, -0.15) is 4.31 Å². The molecule has 9 heteroatoms. The first-order chi connectivity index (χ1) is 13.8. The maximum absolute atomic E-state index is 12.7. The van der Waals surface area contributed by atoms with Crippen molar-refractivity contribution in [2.24, 2.45) is 0 Å². The van der Waals surface area contributed by atoms with Gasteiger partial charge in [-0.1, -0.05) is 22.0 Å². The number of hydrogen-bond acceptors (Lipinski definition) is 4. The predicted octanol–water partition coefficient (Wildman–Crippen LogP) is 2.91. The highest BCUT2D eigenvalue weighted by molar-refractivity contribution is 9.10. The molecule has 0 saturated carbocycles. The first-order valence-corrected chi connectivity index (χ1v) is 11.4. The number of sulfonamides is 1. The van der Waals surface area contributed by atoms with Gasteiger partial charge in [-0.3, -0.25) is 9.59 Å². The Morgan fingerprint density at radius 1 is 1.10 bits per heavy atom. The first kappa shape index (κ1) is 21.5. The van der Waals surface area contributed by atoms with Crippen LogP contribution in [0.2, 0.25) is 0 Å². The molecule has 0 aliphatic carbocycles. The number of anilines is 1. The van der Waals surface area contributed by atoms with Crippen LogP contribution < -0.4 is 10.6 Å². The molecule has 0 radical (unpaired) electrons. The maximum atomic E-state index is 12.7. The molecule has 2 N–H and O–H groups in total. The average Bonchev–Trinajstić information content (AvgIpc) is 3.24. The summed E-state index contributed by atoms with van der Waals surface area (Å²) in [6.07, 6.45) is 1.68. The fourth-order valence-electron chi connectivity index (χ4n) is 3.10. The van der Waals surface area contributed by atoms with E-state index in [1.165, 1.54) is 28.6 Å². The maximum Gasteiger partial charge on any atom is 0.251 e. The standard InChI is InChI=1S/C20H22BrN3O4S/c1-14-11-16(21)7-8-18(14)23-19(25)13-22-20(26)15-5-4-6-17(12-15)29(27,28)24-9-2-3-10-24/h4-8,11-12H,2-3,9-10,13H2,1H3,(H,22,26)(H,23,25). The smallest absolute Gasteiger partial charge is 0.251 e. The van der Waals surface area contributed by atoms with E-state index in [9.17, 15) is 18.0 Å². The van der Waals surface area contributed by atoms with Crippen molar-refractivity contribution in [1.29, 1.82) is 0 Å². The fraction of sp³-hybridized carbons (Fsp3) is 0.300. The molecular formula is C20H22BrN3O4S. The van der Waals surface area contributed by atoms with Crippen molar-refractivity contribution in [3.63, 3.8) is 0 Å². The van der Waals surface area contributed by atoms with E-state index in [1.54, 1.807) is 6.07 Å². The molecule has 154 valence electrons. The summed E-state index contributed by atoms with van der Waals surface area (Å²) in [4.78, 5) is 24.6. The molecule has 0 aromatic heterocycles. The Bertz CT molecular complexity index is 1030. The van der Waals surface area contributed by atoms with Crippen LogP contribution in [0.5, 0.6) is 0 Å². The molecule has 0 spiro atoms. The van der Waals surface area contributed by atoms with Crippen molar-refractivity contribution in [2.75, 3.05) is 25.0 Å². The molecule has 2 amide bonds. The molecule has 1 fully saturated rings. The monoisotopic (exact) mass is 479 g/mol. The van der Waals surface area contributed by atoms with Crippen molar-refractivity contribution in [3.05, 3.63) is 58.1 Å². The van der Waals surface area contributed by atoms with Crippen LogP contribution in [0.1, 0.15) is 28.8 Å². The number of carbonyl (C=O) groups excluding carboxylic acids is 2. The lowest BCUT2D eigenvalue weighted by Crippen LogP contribution is -2.33. The van der Waals surface area contributed by atoms with Gasteiger partial charge in [0.25, 0.3) is 5.91 Å². The Labute approximate surface area is 178 Å². The Morgan fingerprint density at radius 3 is 2.52 bits per heavy atom. The van der Waals surface area contributed by atoms with Crippen molar-refractivity contribution in [3.8, 4) is 0 Å². The number of halogens is 1.